The molecule has 0 radical (unpaired) electrons. The number of benzene rings is 1. The molecule has 0 bridgehead atoms. The van der Waals surface area contributed by atoms with Crippen molar-refractivity contribution in [3.8, 4) is 5.69 Å². The SMILES string of the molecule is CC[C@]12Cc3cnn(-c4ccc(F)cc4)c3C=C1CC[C@@]2(O)CCc1ncc(F)cc1C(N)=O. The van der Waals surface area contributed by atoms with Gasteiger partial charge in [0, 0.05) is 5.41 Å². The molecule has 1 amide bonds. The average molecular weight is 465 g/mol. The van der Waals surface area contributed by atoms with E-state index in [0.29, 0.717) is 31.4 Å². The molecule has 34 heavy (non-hydrogen) atoms. The number of pyridine rings is 1. The molecule has 1 saturated carbocycles. The van der Waals surface area contributed by atoms with E-state index in [1.807, 2.05) is 6.20 Å². The first-order valence-electron chi connectivity index (χ1n) is 11.5. The van der Waals surface area contributed by atoms with Gasteiger partial charge < -0.3 is 10.8 Å². The van der Waals surface area contributed by atoms with E-state index >= 15 is 0 Å². The summed E-state index contributed by atoms with van der Waals surface area (Å²) in [6.45, 7) is 2.07. The Balaban J connectivity index is 1.46. The highest BCUT2D eigenvalue weighted by atomic mass is 19.1. The second kappa shape index (κ2) is 8.13. The molecule has 0 aliphatic heterocycles. The smallest absolute Gasteiger partial charge is 0.250 e. The molecule has 0 saturated heterocycles. The molecule has 0 unspecified atom stereocenters. The topological polar surface area (TPSA) is 94.0 Å². The van der Waals surface area contributed by atoms with Crippen LogP contribution in [0.4, 0.5) is 8.78 Å². The Hall–Kier alpha value is -3.39. The van der Waals surface area contributed by atoms with E-state index in [2.05, 4.69) is 23.1 Å². The van der Waals surface area contributed by atoms with Crippen LogP contribution in [-0.4, -0.2) is 31.4 Å². The van der Waals surface area contributed by atoms with Gasteiger partial charge in [0.2, 0.25) is 0 Å². The van der Waals surface area contributed by atoms with Crippen molar-refractivity contribution < 1.29 is 18.7 Å². The highest BCUT2D eigenvalue weighted by Crippen LogP contribution is 2.58. The van der Waals surface area contributed by atoms with Crippen molar-refractivity contribution in [3.05, 3.63) is 82.4 Å². The first-order chi connectivity index (χ1) is 16.3. The first-order valence-corrected chi connectivity index (χ1v) is 11.5. The number of amides is 1. The number of nitrogens with zero attached hydrogens (tertiary/aromatic N) is 3. The number of carbonyl (C=O) groups is 1. The van der Waals surface area contributed by atoms with Crippen LogP contribution in [0.3, 0.4) is 0 Å². The summed E-state index contributed by atoms with van der Waals surface area (Å²) in [5.74, 6) is -1.66. The standard InChI is InChI=1S/C26H26F2N4O2/c1-2-25-13-16-14-31-32(20-5-3-18(27)4-6-20)23(16)11-17(25)7-9-26(25,34)10-8-22-21(24(29)33)12-19(28)15-30-22/h3-6,11-12,14-15,34H,2,7-10,13H2,1H3,(H2,29,33)/t25-,26+/m0/s1. The number of halogens is 2. The molecule has 5 rings (SSSR count). The Bertz CT molecular complexity index is 1300. The number of nitrogens with two attached hydrogens (primary N) is 1. The van der Waals surface area contributed by atoms with Crippen molar-refractivity contribution in [1.29, 1.82) is 0 Å². The fraction of sp³-hybridized carbons (Fsp3) is 0.346. The van der Waals surface area contributed by atoms with Gasteiger partial charge in [-0.25, -0.2) is 13.5 Å². The van der Waals surface area contributed by atoms with Gasteiger partial charge >= 0.3 is 0 Å². The fourth-order valence-corrected chi connectivity index (χ4v) is 5.82. The minimum Gasteiger partial charge on any atom is -0.389 e. The molecule has 3 aromatic rings. The van der Waals surface area contributed by atoms with E-state index < -0.39 is 22.7 Å². The zero-order valence-corrected chi connectivity index (χ0v) is 18.9. The lowest BCUT2D eigenvalue weighted by molar-refractivity contribution is -0.0570. The van der Waals surface area contributed by atoms with E-state index in [-0.39, 0.29) is 11.4 Å². The molecule has 176 valence electrons. The summed E-state index contributed by atoms with van der Waals surface area (Å²) in [6, 6.07) is 7.31. The van der Waals surface area contributed by atoms with Crippen LogP contribution in [0.15, 0.2) is 48.3 Å². The molecule has 2 atom stereocenters. The third-order valence-corrected chi connectivity index (χ3v) is 7.66. The van der Waals surface area contributed by atoms with Crippen LogP contribution in [0.25, 0.3) is 11.8 Å². The maximum Gasteiger partial charge on any atom is 0.250 e. The van der Waals surface area contributed by atoms with Gasteiger partial charge in [-0.3, -0.25) is 9.78 Å². The molecule has 2 aliphatic rings. The zero-order chi connectivity index (χ0) is 24.1. The predicted molar refractivity (Wildman–Crippen MR) is 123 cm³/mol. The maximum atomic E-state index is 13.6. The molecular weight excluding hydrogens is 438 g/mol. The number of primary amides is 1. The van der Waals surface area contributed by atoms with Crippen LogP contribution in [0, 0.1) is 17.0 Å². The van der Waals surface area contributed by atoms with Crippen molar-refractivity contribution >= 4 is 12.0 Å². The lowest BCUT2D eigenvalue weighted by Gasteiger charge is -2.45. The van der Waals surface area contributed by atoms with Gasteiger partial charge in [-0.2, -0.15) is 5.10 Å². The quantitative estimate of drug-likeness (QED) is 0.573. The van der Waals surface area contributed by atoms with Crippen molar-refractivity contribution in [2.24, 2.45) is 11.1 Å². The normalized spacial score (nSPS) is 23.4. The number of rotatable bonds is 6. The van der Waals surface area contributed by atoms with Crippen LogP contribution >= 0.6 is 0 Å². The van der Waals surface area contributed by atoms with E-state index in [1.165, 1.54) is 12.1 Å². The zero-order valence-electron chi connectivity index (χ0n) is 18.9. The summed E-state index contributed by atoms with van der Waals surface area (Å²) >= 11 is 0. The Morgan fingerprint density at radius 1 is 1.21 bits per heavy atom. The molecular formula is C26H26F2N4O2. The summed E-state index contributed by atoms with van der Waals surface area (Å²) in [6.07, 6.45) is 8.35. The van der Waals surface area contributed by atoms with Crippen LogP contribution in [0.1, 0.15) is 59.9 Å². The molecule has 2 aromatic heterocycles. The lowest BCUT2D eigenvalue weighted by atomic mass is 9.63. The number of carbonyl (C=O) groups excluding carboxylic acids is 1. The number of aryl methyl sites for hydroxylation is 1. The van der Waals surface area contributed by atoms with Crippen molar-refractivity contribution in [3.63, 3.8) is 0 Å². The maximum absolute atomic E-state index is 13.6. The van der Waals surface area contributed by atoms with Crippen molar-refractivity contribution in [1.82, 2.24) is 14.8 Å². The third-order valence-electron chi connectivity index (χ3n) is 7.66. The fourth-order valence-electron chi connectivity index (χ4n) is 5.82. The Morgan fingerprint density at radius 2 is 1.97 bits per heavy atom. The number of fused-ring (bicyclic) bond motifs is 2. The second-order valence-corrected chi connectivity index (χ2v) is 9.27. The number of aliphatic hydroxyl groups is 1. The molecule has 3 N–H and O–H groups in total. The van der Waals surface area contributed by atoms with Crippen LogP contribution in [0.2, 0.25) is 0 Å². The molecule has 2 aliphatic carbocycles. The van der Waals surface area contributed by atoms with Crippen LogP contribution < -0.4 is 5.73 Å². The molecule has 2 heterocycles. The minimum absolute atomic E-state index is 0.0504. The van der Waals surface area contributed by atoms with Gasteiger partial charge in [0.1, 0.15) is 11.6 Å². The van der Waals surface area contributed by atoms with Gasteiger partial charge in [0.05, 0.1) is 40.6 Å². The van der Waals surface area contributed by atoms with Gasteiger partial charge in [0.25, 0.3) is 5.91 Å². The van der Waals surface area contributed by atoms with E-state index in [1.54, 1.807) is 16.8 Å². The van der Waals surface area contributed by atoms with E-state index in [0.717, 1.165) is 47.6 Å². The summed E-state index contributed by atoms with van der Waals surface area (Å²) in [5.41, 5.74) is 8.29. The van der Waals surface area contributed by atoms with Gasteiger partial charge in [-0.05, 0) is 80.5 Å². The Labute approximate surface area is 196 Å². The number of aromatic nitrogens is 3. The highest BCUT2D eigenvalue weighted by molar-refractivity contribution is 5.93. The van der Waals surface area contributed by atoms with Gasteiger partial charge in [0.15, 0.2) is 0 Å². The monoisotopic (exact) mass is 464 g/mol. The summed E-state index contributed by atoms with van der Waals surface area (Å²) in [7, 11) is 0. The Morgan fingerprint density at radius 3 is 2.68 bits per heavy atom. The van der Waals surface area contributed by atoms with Gasteiger partial charge in [-0.15, -0.1) is 0 Å². The molecule has 6 nitrogen and oxygen atoms in total. The lowest BCUT2D eigenvalue weighted by Crippen LogP contribution is -2.47. The first kappa shape index (κ1) is 22.4. The van der Waals surface area contributed by atoms with Crippen LogP contribution in [0.5, 0.6) is 0 Å². The van der Waals surface area contributed by atoms with E-state index in [4.69, 9.17) is 5.73 Å². The molecule has 1 aromatic carbocycles. The van der Waals surface area contributed by atoms with Crippen molar-refractivity contribution in [2.45, 2.75) is 51.0 Å². The number of hydrogen-bond donors (Lipinski definition) is 2. The average Bonchev–Trinajstić information content (AvgIpc) is 3.36. The largest absolute Gasteiger partial charge is 0.389 e. The van der Waals surface area contributed by atoms with Gasteiger partial charge in [-0.1, -0.05) is 12.5 Å². The summed E-state index contributed by atoms with van der Waals surface area (Å²) in [5, 5.41) is 16.5. The Kier molecular flexibility index (Phi) is 5.36. The number of hydrogen-bond acceptors (Lipinski definition) is 4. The third kappa shape index (κ3) is 3.44. The van der Waals surface area contributed by atoms with Crippen molar-refractivity contribution in [2.75, 3.05) is 0 Å². The molecule has 8 heteroatoms. The summed E-state index contributed by atoms with van der Waals surface area (Å²) in [4.78, 5) is 15.9. The minimum atomic E-state index is -1.02. The second-order valence-electron chi connectivity index (χ2n) is 9.27. The van der Waals surface area contributed by atoms with Crippen LogP contribution in [-0.2, 0) is 12.8 Å². The molecule has 1 fully saturated rings. The predicted octanol–water partition coefficient (Wildman–Crippen LogP) is 4.14. The summed E-state index contributed by atoms with van der Waals surface area (Å²) < 4.78 is 28.8. The van der Waals surface area contributed by atoms with E-state index in [9.17, 15) is 18.7 Å². The highest BCUT2D eigenvalue weighted by Gasteiger charge is 2.56. The molecule has 0 spiro atoms.